The van der Waals surface area contributed by atoms with E-state index in [1.807, 2.05) is 18.8 Å². The van der Waals surface area contributed by atoms with Crippen molar-refractivity contribution in [2.24, 2.45) is 20.5 Å². The third-order valence-corrected chi connectivity index (χ3v) is 28.5. The Bertz CT molecular complexity index is 6990. The number of nitrogens with zero attached hydrogens (tertiary/aromatic N) is 24. The smallest absolute Gasteiger partial charge is 0.351 e. The number of nitrogens with two attached hydrogens (primary N) is 2. The molecule has 149 heavy (non-hydrogen) atoms. The van der Waals surface area contributed by atoms with Crippen molar-refractivity contribution in [3.63, 3.8) is 0 Å². The predicted octanol–water partition coefficient (Wildman–Crippen LogP) is 0.644. The van der Waals surface area contributed by atoms with Gasteiger partial charge in [0, 0.05) is 286 Å². The van der Waals surface area contributed by atoms with E-state index in [2.05, 4.69) is 85.0 Å². The van der Waals surface area contributed by atoms with Crippen molar-refractivity contribution >= 4 is 82.3 Å². The molecule has 12 saturated heterocycles. The minimum atomic E-state index is -2.29. The van der Waals surface area contributed by atoms with E-state index in [0.717, 1.165) is 14.8 Å². The zero-order chi connectivity index (χ0) is 103. The number of imidazole rings is 2. The second-order valence-corrected chi connectivity index (χ2v) is 41.8. The van der Waals surface area contributed by atoms with Crippen LogP contribution in [0.5, 0.6) is 0 Å². The second kappa shape index (κ2) is 53.6. The molecule has 10 N–H and O–H groups in total. The molecule has 6 radical (unpaired) electrons. The molecule has 32 atom stereocenters. The standard InChI is InChI=1S/C14H19N4O5P.C12H15N8O5P.C12H16N5O6P.C12H18N3O6P.C11H13FN5O6P.C11H14N5O6P.6Y/c1-7-9-12(16-5-15-7)18(6-17-9)13-10-11(19)14(23-13,8(2)22-10)4-21-24(3)20;1-26(22)24-3-12-2-23-6(7(12)18-19-14)10(25-12)20-4-15-5-8(20)16-11(13)17-9(5)21;1-6-3-17(11(19)14-9(6)18)10-7-8(15-16-13)12(23-10,4-21-7)5-22-24(2)20;1-6-12(5-19-22(2)18)9(16)8(20-6)10(21-12)15-4-3-7(13)14-11(15)17;1-24(20)22-4-11-3-21-6(7(11)15-16-13)9(23-11)17-2-5(12)8(18)14-10(17)19;1-23(19)21-5-11-4-20-7(8(11)14-15-12)9(22-11)16-3-2-6(17)13-10(16)18;;;;;;/h5-6,8,10-11,13,19,24H,4H2,1-3H3;4,6-7,10,26H,2-3H2,1H3,(H3,13,16,17,21);3,7-8,10,24H,4-5H2,1-2H3,(H,14,18,19);3-4,6,8-10,16,22H,5H2,1-2H3,(H2,13,14,17);2,6-7,9,24H,3-4H2,1H3,(H,14,18,19);2-3,7-9,23H,4-5H2,1H3,(H,13,17,18);;;;;;/t8?,10-,11+,13-,14+;6-,7+,10-,12-;7-,8+,10-,12-;6?,8-,9+,10-,12+;6-,7+,9-,11-;7-,8+,9-,11-;;;;;;/m111111....../s1. The molecule has 792 valence electrons. The van der Waals surface area contributed by atoms with Crippen molar-refractivity contribution in [2.75, 3.05) is 118 Å². The first-order chi connectivity index (χ1) is 68.0. The Hall–Kier alpha value is -4.21. The van der Waals surface area contributed by atoms with Crippen LogP contribution in [-0.2, 0) is 308 Å². The van der Waals surface area contributed by atoms with E-state index in [1.54, 1.807) is 24.7 Å². The molecule has 8 unspecified atom stereocenters. The molecule has 64 nitrogen and oxygen atoms in total. The van der Waals surface area contributed by atoms with E-state index < -0.39 is 249 Å². The summed E-state index contributed by atoms with van der Waals surface area (Å²) in [5, 5.41) is 35.9. The molecule has 20 heterocycles. The molecule has 0 saturated carbocycles. The van der Waals surface area contributed by atoms with Crippen LogP contribution in [0.15, 0.2) is 115 Å². The molecule has 8 aromatic rings. The van der Waals surface area contributed by atoms with Crippen LogP contribution in [-0.4, -0.2) is 312 Å². The van der Waals surface area contributed by atoms with Gasteiger partial charge in [-0.2, -0.15) is 14.4 Å². The molecule has 77 heteroatoms. The van der Waals surface area contributed by atoms with E-state index in [0.29, 0.717) is 22.9 Å². The fourth-order valence-electron chi connectivity index (χ4n) is 18.3. The Morgan fingerprint density at radius 3 is 1.20 bits per heavy atom. The Labute approximate surface area is 990 Å². The second-order valence-electron chi connectivity index (χ2n) is 34.2. The zero-order valence-electron chi connectivity index (χ0n) is 80.0. The van der Waals surface area contributed by atoms with Crippen LogP contribution in [0, 0.1) is 19.7 Å². The fourth-order valence-corrected chi connectivity index (χ4v) is 20.9. The van der Waals surface area contributed by atoms with Crippen LogP contribution in [0.25, 0.3) is 64.1 Å². The van der Waals surface area contributed by atoms with E-state index in [-0.39, 0.29) is 291 Å². The third-order valence-electron chi connectivity index (χ3n) is 25.2. The molecule has 0 aromatic carbocycles. The number of aliphatic hydroxyl groups is 2. The fraction of sp³-hybridized carbons (Fsp3) is 0.639. The number of H-pyrrole nitrogens is 4. The monoisotopic (exact) mass is 2660 g/mol. The normalized spacial score (nSPS) is 32.6. The molecule has 12 bridgehead atoms. The van der Waals surface area contributed by atoms with Gasteiger partial charge in [0.1, 0.15) is 124 Å². The molecule has 12 fully saturated rings. The van der Waals surface area contributed by atoms with Gasteiger partial charge in [0.2, 0.25) is 11.8 Å². The van der Waals surface area contributed by atoms with Crippen molar-refractivity contribution in [2.45, 2.75) is 184 Å². The first kappa shape index (κ1) is 128. The van der Waals surface area contributed by atoms with Gasteiger partial charge in [0.25, 0.3) is 22.2 Å². The summed E-state index contributed by atoms with van der Waals surface area (Å²) in [6, 6.07) is -0.412. The third kappa shape index (κ3) is 26.3. The number of aromatic amines is 4. The zero-order valence-corrected chi connectivity index (χ0v) is 103. The maximum atomic E-state index is 13.5. The maximum Gasteiger partial charge on any atom is 0.351 e. The number of fused-ring (bicyclic) bond motifs is 14. The van der Waals surface area contributed by atoms with Gasteiger partial charge in [0.05, 0.1) is 103 Å². The van der Waals surface area contributed by atoms with Crippen LogP contribution in [0.4, 0.5) is 16.2 Å². The summed E-state index contributed by atoms with van der Waals surface area (Å²) >= 11 is 0. The van der Waals surface area contributed by atoms with Gasteiger partial charge in [-0.25, -0.2) is 39.1 Å². The summed E-state index contributed by atoms with van der Waals surface area (Å²) in [5.74, 6) is -1.14. The number of ether oxygens (including phenoxy) is 12. The van der Waals surface area contributed by atoms with Gasteiger partial charge in [0.15, 0.2) is 102 Å². The first-order valence-corrected chi connectivity index (χ1v) is 53.9. The van der Waals surface area contributed by atoms with Gasteiger partial charge in [-0.1, -0.05) is 20.5 Å². The summed E-state index contributed by atoms with van der Waals surface area (Å²) in [5.41, 5.74) is 36.7. The van der Waals surface area contributed by atoms with E-state index >= 15 is 0 Å². The molecular weight excluding hydrogens is 2570 g/mol. The largest absolute Gasteiger partial charge is 0.387 e. The number of aliphatic hydroxyl groups excluding tert-OH is 2. The Balaban J connectivity index is 0.000000197. The van der Waals surface area contributed by atoms with Crippen molar-refractivity contribution in [3.05, 3.63) is 198 Å². The molecular formula is C72H95FN30O34P6Y6. The summed E-state index contributed by atoms with van der Waals surface area (Å²) in [7, 11) is -13.3. The average molecular weight is 2660 g/mol. The number of aryl methyl sites for hydroxylation is 2. The van der Waals surface area contributed by atoms with Crippen LogP contribution in [0.1, 0.15) is 62.5 Å². The number of hydrogen-bond acceptors (Lipinski definition) is 46. The van der Waals surface area contributed by atoms with Crippen molar-refractivity contribution < 1.29 is 322 Å². The molecule has 0 aliphatic carbocycles. The van der Waals surface area contributed by atoms with E-state index in [4.69, 9.17) is 118 Å². The van der Waals surface area contributed by atoms with Crippen LogP contribution in [0.3, 0.4) is 0 Å². The number of nitrogen functional groups attached to an aromatic ring is 2. The van der Waals surface area contributed by atoms with Crippen molar-refractivity contribution in [1.82, 2.24) is 77.2 Å². The molecule has 12 aliphatic heterocycles. The van der Waals surface area contributed by atoms with Gasteiger partial charge >= 0.3 is 22.8 Å². The van der Waals surface area contributed by atoms with Gasteiger partial charge in [-0.3, -0.25) is 93.9 Å². The summed E-state index contributed by atoms with van der Waals surface area (Å²) in [4.78, 5) is 138. The molecule has 20 rings (SSSR count). The minimum Gasteiger partial charge on any atom is -0.387 e. The number of halogens is 1. The van der Waals surface area contributed by atoms with Crippen LogP contribution < -0.4 is 56.5 Å². The number of hydrogen-bond donors (Lipinski definition) is 8. The Morgan fingerprint density at radius 2 is 0.799 bits per heavy atom. The predicted molar refractivity (Wildman–Crippen MR) is 488 cm³/mol. The van der Waals surface area contributed by atoms with E-state index in [9.17, 15) is 80.4 Å². The van der Waals surface area contributed by atoms with Crippen LogP contribution in [0.2, 0.25) is 0 Å². The van der Waals surface area contributed by atoms with Crippen molar-refractivity contribution in [3.8, 4) is 0 Å². The number of nitrogens with one attached hydrogen (secondary N) is 4. The van der Waals surface area contributed by atoms with Gasteiger partial charge < -0.3 is 106 Å². The number of aromatic nitrogens is 16. The van der Waals surface area contributed by atoms with E-state index in [1.165, 1.54) is 97.1 Å². The quantitative estimate of drug-likeness (QED) is 0.0144. The first-order valence-electron chi connectivity index (χ1n) is 43.0. The molecule has 0 spiro atoms. The SMILES string of the molecule is CC1O[C@H]2[C@H](n3ccc(N)nc3=O)O[C@]1(CO[PH](C)=O)[C@H]2O.C[PH](=O)OC[C@@]12CO[C@@H]([C@H](n3cc(F)c(=O)[nH]c3=O)O1)[C@@H]2N=[N+]=[N-].C[PH](=O)OC[C@@]12CO[C@@H]([C@H](n3ccc(=O)[nH]c3=O)O1)[C@@H]2N=[N+]=[N-].C[PH](=O)OC[C@@]12CO[C@@H]([C@H](n3cnc4c(=O)[nH]c(N)nc43)O1)[C@@H]2N=[N+]=[N-].Cc1cn([C@@H]2O[C@@]3(CO[PH](C)=O)CO[C@@H]2[C@@H]3N=[N+]=[N-])c(=O)[nH]c1=O.Cc1ncnc2c1ncn2[C@@H]1O[C@@]2(CO[PH](C)=O)C(C)O[C@@H]1[C@@H]2O.[Y].[Y].[Y].[Y].[Y].[Y]. The maximum absolute atomic E-state index is 13.5. The van der Waals surface area contributed by atoms with Crippen LogP contribution >= 0.6 is 48.2 Å². The molecule has 12 aliphatic rings. The summed E-state index contributed by atoms with van der Waals surface area (Å²) in [6.07, 6.45) is -2.85. The minimum absolute atomic E-state index is 0. The summed E-state index contributed by atoms with van der Waals surface area (Å²) in [6.45, 7) is 15.4. The van der Waals surface area contributed by atoms with Gasteiger partial charge in [-0.05, 0) is 55.9 Å². The Kier molecular flexibility index (Phi) is 46.2. The molecule has 0 amide bonds. The molecule has 8 aromatic heterocycles. The number of anilines is 2. The number of azide groups is 4. The van der Waals surface area contributed by atoms with Crippen molar-refractivity contribution in [1.29, 1.82) is 0 Å². The number of rotatable bonds is 28. The topological polar surface area (TPSA) is 863 Å². The summed E-state index contributed by atoms with van der Waals surface area (Å²) < 4.78 is 190. The average Bonchev–Trinajstić information content (AvgIpc) is 1.54. The Morgan fingerprint density at radius 1 is 0.443 bits per heavy atom. The van der Waals surface area contributed by atoms with Gasteiger partial charge in [-0.15, -0.1) is 0 Å².